The van der Waals surface area contributed by atoms with Crippen molar-refractivity contribution in [3.05, 3.63) is 35.4 Å². The molecule has 1 aliphatic heterocycles. The number of amides is 1. The molecular formula is C17H26N2O2. The molecule has 0 spiro atoms. The zero-order valence-electron chi connectivity index (χ0n) is 13.4. The zero-order chi connectivity index (χ0) is 15.6. The molecule has 4 heteroatoms. The number of hydrogen-bond donors (Lipinski definition) is 1. The number of morpholine rings is 1. The van der Waals surface area contributed by atoms with Gasteiger partial charge in [-0.05, 0) is 30.0 Å². The van der Waals surface area contributed by atoms with E-state index in [2.05, 4.69) is 20.8 Å². The topological polar surface area (TPSA) is 55.6 Å². The van der Waals surface area contributed by atoms with Crippen LogP contribution in [0.25, 0.3) is 0 Å². The molecule has 1 saturated heterocycles. The van der Waals surface area contributed by atoms with Crippen LogP contribution >= 0.6 is 0 Å². The summed E-state index contributed by atoms with van der Waals surface area (Å²) < 4.78 is 5.60. The Morgan fingerprint density at radius 1 is 1.33 bits per heavy atom. The van der Waals surface area contributed by atoms with Crippen LogP contribution in [0.4, 0.5) is 0 Å². The van der Waals surface area contributed by atoms with Gasteiger partial charge in [0.05, 0.1) is 12.7 Å². The number of carbonyl (C=O) groups excluding carboxylic acids is 1. The summed E-state index contributed by atoms with van der Waals surface area (Å²) in [4.78, 5) is 14.4. The first-order chi connectivity index (χ1) is 9.79. The summed E-state index contributed by atoms with van der Waals surface area (Å²) in [6, 6.07) is 7.84. The molecule has 2 unspecified atom stereocenters. The van der Waals surface area contributed by atoms with Gasteiger partial charge in [-0.1, -0.05) is 32.9 Å². The standard InChI is InChI=1S/C17H26N2O2/c1-12(18)15-11-19(9-10-21-15)16(20)13-5-7-14(8-6-13)17(2,3)4/h5-8,12,15H,9-11,18H2,1-4H3. The number of nitrogens with two attached hydrogens (primary N) is 1. The van der Waals surface area contributed by atoms with Crippen molar-refractivity contribution in [3.63, 3.8) is 0 Å². The van der Waals surface area contributed by atoms with Crippen LogP contribution in [0.15, 0.2) is 24.3 Å². The van der Waals surface area contributed by atoms with Gasteiger partial charge in [0.2, 0.25) is 0 Å². The van der Waals surface area contributed by atoms with Crippen LogP contribution < -0.4 is 5.73 Å². The van der Waals surface area contributed by atoms with Gasteiger partial charge in [0.15, 0.2) is 0 Å². The van der Waals surface area contributed by atoms with Gasteiger partial charge in [0.1, 0.15) is 0 Å². The van der Waals surface area contributed by atoms with Crippen molar-refractivity contribution < 1.29 is 9.53 Å². The lowest BCUT2D eigenvalue weighted by Gasteiger charge is -2.34. The van der Waals surface area contributed by atoms with Crippen LogP contribution in [0.3, 0.4) is 0 Å². The Hall–Kier alpha value is -1.39. The molecule has 0 bridgehead atoms. The van der Waals surface area contributed by atoms with Crippen LogP contribution in [0, 0.1) is 0 Å². The molecule has 1 aromatic carbocycles. The molecule has 116 valence electrons. The molecule has 4 nitrogen and oxygen atoms in total. The number of nitrogens with zero attached hydrogens (tertiary/aromatic N) is 1. The number of carbonyl (C=O) groups is 1. The second-order valence-electron chi connectivity index (χ2n) is 6.85. The maximum atomic E-state index is 12.6. The van der Waals surface area contributed by atoms with Crippen molar-refractivity contribution in [2.24, 2.45) is 5.73 Å². The van der Waals surface area contributed by atoms with Crippen molar-refractivity contribution in [2.45, 2.75) is 45.3 Å². The summed E-state index contributed by atoms with van der Waals surface area (Å²) in [6.45, 7) is 10.2. The van der Waals surface area contributed by atoms with Gasteiger partial charge in [0.25, 0.3) is 5.91 Å². The van der Waals surface area contributed by atoms with Gasteiger partial charge in [0, 0.05) is 24.7 Å². The average Bonchev–Trinajstić information content (AvgIpc) is 2.46. The Morgan fingerprint density at radius 2 is 1.95 bits per heavy atom. The fourth-order valence-corrected chi connectivity index (χ4v) is 2.47. The van der Waals surface area contributed by atoms with Crippen molar-refractivity contribution in [3.8, 4) is 0 Å². The van der Waals surface area contributed by atoms with E-state index in [-0.39, 0.29) is 23.5 Å². The Balaban J connectivity index is 2.09. The summed E-state index contributed by atoms with van der Waals surface area (Å²) in [5, 5.41) is 0. The molecular weight excluding hydrogens is 264 g/mol. The molecule has 1 amide bonds. The first kappa shape index (κ1) is 16.0. The smallest absolute Gasteiger partial charge is 0.254 e. The molecule has 2 atom stereocenters. The highest BCUT2D eigenvalue weighted by Gasteiger charge is 2.27. The normalized spacial score (nSPS) is 21.2. The van der Waals surface area contributed by atoms with E-state index in [0.717, 1.165) is 5.56 Å². The minimum Gasteiger partial charge on any atom is -0.373 e. The number of rotatable bonds is 2. The van der Waals surface area contributed by atoms with Crippen LogP contribution in [0.2, 0.25) is 0 Å². The van der Waals surface area contributed by atoms with E-state index in [4.69, 9.17) is 10.5 Å². The Labute approximate surface area is 127 Å². The monoisotopic (exact) mass is 290 g/mol. The van der Waals surface area contributed by atoms with Crippen LogP contribution in [0.5, 0.6) is 0 Å². The molecule has 1 aliphatic rings. The van der Waals surface area contributed by atoms with Gasteiger partial charge >= 0.3 is 0 Å². The largest absolute Gasteiger partial charge is 0.373 e. The summed E-state index contributed by atoms with van der Waals surface area (Å²) in [5.41, 5.74) is 7.93. The molecule has 0 saturated carbocycles. The van der Waals surface area contributed by atoms with E-state index in [1.807, 2.05) is 36.1 Å². The number of ether oxygens (including phenoxy) is 1. The SMILES string of the molecule is CC(N)C1CN(C(=O)c2ccc(C(C)(C)C)cc2)CCO1. The lowest BCUT2D eigenvalue weighted by Crippen LogP contribution is -2.51. The number of hydrogen-bond acceptors (Lipinski definition) is 3. The van der Waals surface area contributed by atoms with Gasteiger partial charge in [-0.15, -0.1) is 0 Å². The third-order valence-electron chi connectivity index (χ3n) is 3.96. The lowest BCUT2D eigenvalue weighted by molar-refractivity contribution is -0.0300. The highest BCUT2D eigenvalue weighted by molar-refractivity contribution is 5.94. The second kappa shape index (κ2) is 6.16. The summed E-state index contributed by atoms with van der Waals surface area (Å²) in [6.07, 6.45) is -0.0726. The quantitative estimate of drug-likeness (QED) is 0.908. The molecule has 1 heterocycles. The van der Waals surface area contributed by atoms with Gasteiger partial charge in [-0.25, -0.2) is 0 Å². The Bertz CT molecular complexity index is 489. The third kappa shape index (κ3) is 3.83. The Morgan fingerprint density at radius 3 is 2.48 bits per heavy atom. The highest BCUT2D eigenvalue weighted by atomic mass is 16.5. The first-order valence-corrected chi connectivity index (χ1v) is 7.56. The molecule has 1 aromatic rings. The van der Waals surface area contributed by atoms with Gasteiger partial charge in [-0.3, -0.25) is 4.79 Å². The van der Waals surface area contributed by atoms with Gasteiger partial charge in [-0.2, -0.15) is 0 Å². The molecule has 21 heavy (non-hydrogen) atoms. The number of benzene rings is 1. The van der Waals surface area contributed by atoms with Crippen molar-refractivity contribution in [1.29, 1.82) is 0 Å². The zero-order valence-corrected chi connectivity index (χ0v) is 13.4. The lowest BCUT2D eigenvalue weighted by atomic mass is 9.86. The third-order valence-corrected chi connectivity index (χ3v) is 3.96. The van der Waals surface area contributed by atoms with Crippen molar-refractivity contribution in [1.82, 2.24) is 4.90 Å². The molecule has 2 N–H and O–H groups in total. The highest BCUT2D eigenvalue weighted by Crippen LogP contribution is 2.22. The minimum atomic E-state index is -0.0726. The predicted molar refractivity (Wildman–Crippen MR) is 84.4 cm³/mol. The van der Waals surface area contributed by atoms with E-state index < -0.39 is 0 Å². The molecule has 0 radical (unpaired) electrons. The summed E-state index contributed by atoms with van der Waals surface area (Å²) in [5.74, 6) is 0.0596. The van der Waals surface area contributed by atoms with E-state index in [0.29, 0.717) is 19.7 Å². The van der Waals surface area contributed by atoms with Crippen LogP contribution in [0.1, 0.15) is 43.6 Å². The van der Waals surface area contributed by atoms with E-state index in [1.165, 1.54) is 5.56 Å². The molecule has 0 aliphatic carbocycles. The van der Waals surface area contributed by atoms with E-state index >= 15 is 0 Å². The first-order valence-electron chi connectivity index (χ1n) is 7.56. The van der Waals surface area contributed by atoms with Crippen molar-refractivity contribution >= 4 is 5.91 Å². The van der Waals surface area contributed by atoms with Crippen molar-refractivity contribution in [2.75, 3.05) is 19.7 Å². The molecule has 1 fully saturated rings. The average molecular weight is 290 g/mol. The second-order valence-corrected chi connectivity index (χ2v) is 6.85. The van der Waals surface area contributed by atoms with Crippen LogP contribution in [-0.2, 0) is 10.2 Å². The van der Waals surface area contributed by atoms with Gasteiger partial charge < -0.3 is 15.4 Å². The van der Waals surface area contributed by atoms with Crippen LogP contribution in [-0.4, -0.2) is 42.6 Å². The molecule has 0 aromatic heterocycles. The maximum absolute atomic E-state index is 12.6. The van der Waals surface area contributed by atoms with E-state index in [1.54, 1.807) is 0 Å². The molecule has 2 rings (SSSR count). The summed E-state index contributed by atoms with van der Waals surface area (Å²) >= 11 is 0. The minimum absolute atomic E-state index is 0.0596. The fraction of sp³-hybridized carbons (Fsp3) is 0.588. The van der Waals surface area contributed by atoms with E-state index in [9.17, 15) is 4.79 Å². The maximum Gasteiger partial charge on any atom is 0.254 e. The predicted octanol–water partition coefficient (Wildman–Crippen LogP) is 2.17. The summed E-state index contributed by atoms with van der Waals surface area (Å²) in [7, 11) is 0. The Kier molecular flexibility index (Phi) is 4.69. The fourth-order valence-electron chi connectivity index (χ4n) is 2.47.